The van der Waals surface area contributed by atoms with Gasteiger partial charge < -0.3 is 25.4 Å². The minimum absolute atomic E-state index is 0.0376. The molecule has 0 aliphatic carbocycles. The Morgan fingerprint density at radius 3 is 2.51 bits per heavy atom. The molecule has 1 saturated heterocycles. The number of ether oxygens (including phenoxy) is 1. The van der Waals surface area contributed by atoms with Crippen molar-refractivity contribution >= 4 is 40.2 Å². The lowest BCUT2D eigenvalue weighted by molar-refractivity contribution is 0.0747. The molecule has 2 aromatic carbocycles. The third-order valence-corrected chi connectivity index (χ3v) is 6.98. The summed E-state index contributed by atoms with van der Waals surface area (Å²) in [6.07, 6.45) is 0.126. The number of nitrogens with zero attached hydrogens (tertiary/aromatic N) is 3. The number of amides is 2. The van der Waals surface area contributed by atoms with Crippen LogP contribution in [0.15, 0.2) is 30.5 Å². The number of methoxy groups -OCH3 is 1. The molecule has 11 heteroatoms. The molecule has 196 valence electrons. The molecule has 0 bridgehead atoms. The number of nitrogens with two attached hydrogens (primary N) is 1. The van der Waals surface area contributed by atoms with Gasteiger partial charge in [0.25, 0.3) is 5.91 Å². The van der Waals surface area contributed by atoms with Gasteiger partial charge in [0.15, 0.2) is 5.82 Å². The van der Waals surface area contributed by atoms with E-state index in [1.807, 2.05) is 20.8 Å². The lowest BCUT2D eigenvalue weighted by Gasteiger charge is -2.47. The van der Waals surface area contributed by atoms with Crippen LogP contribution >= 0.6 is 11.6 Å². The second-order valence-corrected chi connectivity index (χ2v) is 10.4. The van der Waals surface area contributed by atoms with Crippen LogP contribution in [-0.4, -0.2) is 59.8 Å². The minimum Gasteiger partial charge on any atom is -0.496 e. The molecule has 0 saturated carbocycles. The maximum absolute atomic E-state index is 16.0. The van der Waals surface area contributed by atoms with Crippen molar-refractivity contribution < 1.29 is 28.2 Å². The number of fused-ring (bicyclic) bond motifs is 1. The SMILES string of the molecule is COc1cccc(F)c1-c1c(Cl)cc2c(N3CCN(C(=O)O)C(C(C)(C)C)C3)c(C(N)=O)cnc2c1F. The smallest absolute Gasteiger partial charge is 0.407 e. The standard InChI is InChI=1S/C26H27ClF2N4O4/c1-26(2,3)18-12-32(8-9-33(18)25(35)36)23-13-10-15(27)19(20-16(28)6-5-7-17(20)37-4)21(29)22(13)31-11-14(23)24(30)34/h5-7,10-11,18H,8-9,12H2,1-4H3,(H2,30,34)(H,35,36). The summed E-state index contributed by atoms with van der Waals surface area (Å²) < 4.78 is 36.1. The summed E-state index contributed by atoms with van der Waals surface area (Å²) in [7, 11) is 1.34. The van der Waals surface area contributed by atoms with Gasteiger partial charge in [-0.1, -0.05) is 38.4 Å². The fourth-order valence-electron chi connectivity index (χ4n) is 4.87. The van der Waals surface area contributed by atoms with Gasteiger partial charge >= 0.3 is 6.09 Å². The Bertz CT molecular complexity index is 1410. The predicted octanol–water partition coefficient (Wildman–Crippen LogP) is 5.16. The maximum Gasteiger partial charge on any atom is 0.407 e. The number of rotatable bonds is 4. The van der Waals surface area contributed by atoms with E-state index in [2.05, 4.69) is 4.98 Å². The average Bonchev–Trinajstić information content (AvgIpc) is 2.83. The Kier molecular flexibility index (Phi) is 6.89. The van der Waals surface area contributed by atoms with Crippen LogP contribution in [0.25, 0.3) is 22.0 Å². The highest BCUT2D eigenvalue weighted by molar-refractivity contribution is 6.34. The second-order valence-electron chi connectivity index (χ2n) is 9.95. The van der Waals surface area contributed by atoms with Crippen LogP contribution in [-0.2, 0) is 0 Å². The van der Waals surface area contributed by atoms with Crippen molar-refractivity contribution in [2.75, 3.05) is 31.6 Å². The number of hydrogen-bond donors (Lipinski definition) is 2. The van der Waals surface area contributed by atoms with Gasteiger partial charge in [0.1, 0.15) is 17.1 Å². The zero-order valence-electron chi connectivity index (χ0n) is 20.8. The monoisotopic (exact) mass is 532 g/mol. The zero-order chi connectivity index (χ0) is 27.2. The molecule has 1 aliphatic heterocycles. The number of carbonyl (C=O) groups excluding carboxylic acids is 1. The number of piperazine rings is 1. The summed E-state index contributed by atoms with van der Waals surface area (Å²) in [6.45, 7) is 6.35. The number of benzene rings is 2. The number of pyridine rings is 1. The average molecular weight is 533 g/mol. The first-order valence-electron chi connectivity index (χ1n) is 11.5. The van der Waals surface area contributed by atoms with E-state index in [0.717, 1.165) is 0 Å². The normalized spacial score (nSPS) is 16.2. The number of hydrogen-bond acceptors (Lipinski definition) is 5. The van der Waals surface area contributed by atoms with E-state index in [-0.39, 0.29) is 58.0 Å². The first-order chi connectivity index (χ1) is 17.4. The molecule has 0 spiro atoms. The molecule has 0 radical (unpaired) electrons. The number of primary amides is 1. The molecule has 2 amide bonds. The summed E-state index contributed by atoms with van der Waals surface area (Å²) in [5, 5.41) is 9.82. The van der Waals surface area contributed by atoms with Crippen molar-refractivity contribution in [3.8, 4) is 16.9 Å². The fourth-order valence-corrected chi connectivity index (χ4v) is 5.16. The van der Waals surface area contributed by atoms with Crippen molar-refractivity contribution in [2.24, 2.45) is 11.1 Å². The number of carboxylic acid groups (broad SMARTS) is 1. The van der Waals surface area contributed by atoms with Gasteiger partial charge in [-0.2, -0.15) is 0 Å². The van der Waals surface area contributed by atoms with Gasteiger partial charge in [0.2, 0.25) is 0 Å². The molecule has 1 aliphatic rings. The molecule has 3 N–H and O–H groups in total. The summed E-state index contributed by atoms with van der Waals surface area (Å²) in [5.41, 5.74) is 5.03. The minimum atomic E-state index is -1.05. The highest BCUT2D eigenvalue weighted by atomic mass is 35.5. The Labute approximate surface area is 217 Å². The first-order valence-corrected chi connectivity index (χ1v) is 11.9. The highest BCUT2D eigenvalue weighted by Crippen LogP contribution is 2.44. The van der Waals surface area contributed by atoms with Crippen molar-refractivity contribution in [3.05, 3.63) is 52.7 Å². The van der Waals surface area contributed by atoms with Crippen molar-refractivity contribution in [3.63, 3.8) is 0 Å². The van der Waals surface area contributed by atoms with Crippen LogP contribution in [0.5, 0.6) is 5.75 Å². The van der Waals surface area contributed by atoms with E-state index in [9.17, 15) is 19.1 Å². The van der Waals surface area contributed by atoms with Gasteiger partial charge in [-0.3, -0.25) is 9.78 Å². The van der Waals surface area contributed by atoms with Gasteiger partial charge in [-0.25, -0.2) is 13.6 Å². The maximum atomic E-state index is 16.0. The van der Waals surface area contributed by atoms with Gasteiger partial charge in [0, 0.05) is 36.8 Å². The third-order valence-electron chi connectivity index (χ3n) is 6.68. The molecule has 3 aromatic rings. The molecular weight excluding hydrogens is 506 g/mol. The second kappa shape index (κ2) is 9.66. The van der Waals surface area contributed by atoms with Crippen LogP contribution in [0.4, 0.5) is 19.3 Å². The molecule has 1 unspecified atom stereocenters. The van der Waals surface area contributed by atoms with E-state index in [1.54, 1.807) is 4.90 Å². The third kappa shape index (κ3) is 4.61. The molecule has 8 nitrogen and oxygen atoms in total. The van der Waals surface area contributed by atoms with Gasteiger partial charge in [-0.05, 0) is 23.6 Å². The van der Waals surface area contributed by atoms with Crippen LogP contribution in [0.3, 0.4) is 0 Å². The Morgan fingerprint density at radius 2 is 1.92 bits per heavy atom. The van der Waals surface area contributed by atoms with Crippen LogP contribution in [0, 0.1) is 17.0 Å². The van der Waals surface area contributed by atoms with Gasteiger partial charge in [-0.15, -0.1) is 0 Å². The molecule has 1 atom stereocenters. The largest absolute Gasteiger partial charge is 0.496 e. The fraction of sp³-hybridized carbons (Fsp3) is 0.346. The quantitative estimate of drug-likeness (QED) is 0.480. The highest BCUT2D eigenvalue weighted by Gasteiger charge is 2.39. The lowest BCUT2D eigenvalue weighted by atomic mass is 9.84. The van der Waals surface area contributed by atoms with E-state index >= 15 is 4.39 Å². The first kappa shape index (κ1) is 26.4. The predicted molar refractivity (Wildman–Crippen MR) is 137 cm³/mol. The molecule has 1 aromatic heterocycles. The van der Waals surface area contributed by atoms with Crippen molar-refractivity contribution in [1.29, 1.82) is 0 Å². The summed E-state index contributed by atoms with van der Waals surface area (Å²) in [4.78, 5) is 31.6. The number of carbonyl (C=O) groups is 2. The number of aromatic nitrogens is 1. The Hall–Kier alpha value is -3.66. The van der Waals surface area contributed by atoms with E-state index in [4.69, 9.17) is 22.1 Å². The summed E-state index contributed by atoms with van der Waals surface area (Å²) >= 11 is 6.54. The van der Waals surface area contributed by atoms with E-state index in [1.165, 1.54) is 42.5 Å². The van der Waals surface area contributed by atoms with Crippen molar-refractivity contribution in [2.45, 2.75) is 26.8 Å². The molecule has 37 heavy (non-hydrogen) atoms. The number of halogens is 3. The van der Waals surface area contributed by atoms with E-state index < -0.39 is 35.1 Å². The molecule has 4 rings (SSSR count). The van der Waals surface area contributed by atoms with Crippen LogP contribution in [0.1, 0.15) is 31.1 Å². The molecule has 2 heterocycles. The summed E-state index contributed by atoms with van der Waals surface area (Å²) in [5.74, 6) is -2.31. The van der Waals surface area contributed by atoms with Gasteiger partial charge in [0.05, 0.1) is 35.0 Å². The molecule has 1 fully saturated rings. The summed E-state index contributed by atoms with van der Waals surface area (Å²) in [6, 6.07) is 5.07. The lowest BCUT2D eigenvalue weighted by Crippen LogP contribution is -2.59. The van der Waals surface area contributed by atoms with E-state index in [0.29, 0.717) is 5.69 Å². The Morgan fingerprint density at radius 1 is 1.22 bits per heavy atom. The molecular formula is C26H27ClF2N4O4. The number of anilines is 1. The zero-order valence-corrected chi connectivity index (χ0v) is 21.6. The topological polar surface area (TPSA) is 109 Å². The Balaban J connectivity index is 1.96. The van der Waals surface area contributed by atoms with Crippen LogP contribution in [0.2, 0.25) is 5.02 Å². The van der Waals surface area contributed by atoms with Crippen molar-refractivity contribution in [1.82, 2.24) is 9.88 Å². The van der Waals surface area contributed by atoms with Crippen LogP contribution < -0.4 is 15.4 Å².